The van der Waals surface area contributed by atoms with Crippen LogP contribution in [0.15, 0.2) is 29.2 Å². The molecule has 0 saturated carbocycles. The van der Waals surface area contributed by atoms with Gasteiger partial charge in [0.15, 0.2) is 0 Å². The third-order valence-electron chi connectivity index (χ3n) is 3.29. The molecular formula is C13H19FN2O2S. The first-order valence-corrected chi connectivity index (χ1v) is 7.87. The van der Waals surface area contributed by atoms with Crippen LogP contribution in [0.1, 0.15) is 20.3 Å². The van der Waals surface area contributed by atoms with Crippen molar-refractivity contribution >= 4 is 10.0 Å². The van der Waals surface area contributed by atoms with E-state index in [1.807, 2.05) is 13.8 Å². The van der Waals surface area contributed by atoms with Crippen LogP contribution in [-0.2, 0) is 10.0 Å². The van der Waals surface area contributed by atoms with E-state index in [1.165, 1.54) is 28.6 Å². The Morgan fingerprint density at radius 1 is 1.32 bits per heavy atom. The molecule has 2 rings (SSSR count). The first kappa shape index (κ1) is 14.4. The molecule has 4 nitrogen and oxygen atoms in total. The molecule has 19 heavy (non-hydrogen) atoms. The fourth-order valence-corrected chi connectivity index (χ4v) is 4.33. The van der Waals surface area contributed by atoms with Gasteiger partial charge in [0, 0.05) is 18.6 Å². The average Bonchev–Trinajstić information content (AvgIpc) is 2.82. The topological polar surface area (TPSA) is 49.4 Å². The third-order valence-corrected chi connectivity index (χ3v) is 5.43. The average molecular weight is 286 g/mol. The Morgan fingerprint density at radius 3 is 2.42 bits per heavy atom. The Bertz CT molecular complexity index is 522. The smallest absolute Gasteiger partial charge is 0.243 e. The van der Waals surface area contributed by atoms with Crippen LogP contribution in [0.3, 0.4) is 0 Å². The van der Waals surface area contributed by atoms with E-state index in [1.54, 1.807) is 0 Å². The van der Waals surface area contributed by atoms with Crippen molar-refractivity contribution in [1.29, 1.82) is 0 Å². The van der Waals surface area contributed by atoms with Crippen LogP contribution in [-0.4, -0.2) is 37.9 Å². The van der Waals surface area contributed by atoms with Gasteiger partial charge in [-0.1, -0.05) is 0 Å². The Kier molecular flexibility index (Phi) is 4.23. The molecule has 1 aliphatic rings. The van der Waals surface area contributed by atoms with Gasteiger partial charge >= 0.3 is 0 Å². The predicted molar refractivity (Wildman–Crippen MR) is 71.8 cm³/mol. The Morgan fingerprint density at radius 2 is 1.95 bits per heavy atom. The summed E-state index contributed by atoms with van der Waals surface area (Å²) in [6, 6.07) is 4.84. The molecule has 6 heteroatoms. The first-order valence-electron chi connectivity index (χ1n) is 6.43. The third kappa shape index (κ3) is 2.96. The summed E-state index contributed by atoms with van der Waals surface area (Å²) in [6.07, 6.45) is 0.804. The number of benzene rings is 1. The standard InChI is InChI=1S/C13H19FN2O2S/c1-10(2)16(12-7-8-15-9-12)19(17,18)13-5-3-11(14)4-6-13/h3-6,10,12,15H,7-9H2,1-2H3. The van der Waals surface area contributed by atoms with Crippen LogP contribution in [0.2, 0.25) is 0 Å². The SMILES string of the molecule is CC(C)N(C1CCNC1)S(=O)(=O)c1ccc(F)cc1. The fourth-order valence-electron chi connectivity index (χ4n) is 2.48. The van der Waals surface area contributed by atoms with Crippen molar-refractivity contribution in [2.24, 2.45) is 0 Å². The monoisotopic (exact) mass is 286 g/mol. The minimum atomic E-state index is -3.57. The molecule has 1 aromatic rings. The molecule has 0 aromatic heterocycles. The zero-order chi connectivity index (χ0) is 14.0. The fraction of sp³-hybridized carbons (Fsp3) is 0.538. The highest BCUT2D eigenvalue weighted by Crippen LogP contribution is 2.23. The van der Waals surface area contributed by atoms with E-state index in [0.29, 0.717) is 6.54 Å². The molecule has 1 heterocycles. The maximum atomic E-state index is 12.9. The van der Waals surface area contributed by atoms with Crippen LogP contribution in [0.5, 0.6) is 0 Å². The molecule has 0 radical (unpaired) electrons. The molecule has 0 amide bonds. The molecule has 1 N–H and O–H groups in total. The summed E-state index contributed by atoms with van der Waals surface area (Å²) < 4.78 is 39.7. The van der Waals surface area contributed by atoms with Crippen LogP contribution >= 0.6 is 0 Å². The largest absolute Gasteiger partial charge is 0.315 e. The lowest BCUT2D eigenvalue weighted by Crippen LogP contribution is -2.45. The molecule has 1 atom stereocenters. The maximum Gasteiger partial charge on any atom is 0.243 e. The van der Waals surface area contributed by atoms with E-state index >= 15 is 0 Å². The lowest BCUT2D eigenvalue weighted by molar-refractivity contribution is 0.286. The summed E-state index contributed by atoms with van der Waals surface area (Å²) in [4.78, 5) is 0.148. The van der Waals surface area contributed by atoms with E-state index in [0.717, 1.165) is 13.0 Å². The summed E-state index contributed by atoms with van der Waals surface area (Å²) >= 11 is 0. The van der Waals surface area contributed by atoms with Gasteiger partial charge in [0.1, 0.15) is 5.82 Å². The Balaban J connectivity index is 2.36. The van der Waals surface area contributed by atoms with Crippen molar-refractivity contribution in [3.8, 4) is 0 Å². The van der Waals surface area contributed by atoms with Gasteiger partial charge in [-0.05, 0) is 51.1 Å². The molecule has 1 unspecified atom stereocenters. The molecule has 0 aliphatic carbocycles. The number of hydrogen-bond donors (Lipinski definition) is 1. The molecule has 1 aliphatic heterocycles. The van der Waals surface area contributed by atoms with Crippen LogP contribution in [0, 0.1) is 5.82 Å². The highest BCUT2D eigenvalue weighted by molar-refractivity contribution is 7.89. The van der Waals surface area contributed by atoms with Crippen LogP contribution in [0.25, 0.3) is 0 Å². The lowest BCUT2D eigenvalue weighted by Gasteiger charge is -2.31. The van der Waals surface area contributed by atoms with Crippen LogP contribution in [0.4, 0.5) is 4.39 Å². The number of sulfonamides is 1. The van der Waals surface area contributed by atoms with Gasteiger partial charge in [0.25, 0.3) is 0 Å². The summed E-state index contributed by atoms with van der Waals surface area (Å²) in [6.45, 7) is 5.21. The minimum absolute atomic E-state index is 0.0324. The van der Waals surface area contributed by atoms with Crippen molar-refractivity contribution < 1.29 is 12.8 Å². The second kappa shape index (κ2) is 5.56. The van der Waals surface area contributed by atoms with Crippen molar-refractivity contribution in [3.05, 3.63) is 30.1 Å². The van der Waals surface area contributed by atoms with Gasteiger partial charge < -0.3 is 5.32 Å². The van der Waals surface area contributed by atoms with Gasteiger partial charge in [-0.15, -0.1) is 0 Å². The maximum absolute atomic E-state index is 12.9. The Hall–Kier alpha value is -0.980. The molecule has 1 saturated heterocycles. The summed E-state index contributed by atoms with van der Waals surface area (Å²) in [7, 11) is -3.57. The number of hydrogen-bond acceptors (Lipinski definition) is 3. The molecule has 0 spiro atoms. The first-order chi connectivity index (χ1) is 8.93. The summed E-state index contributed by atoms with van der Waals surface area (Å²) in [5.74, 6) is -0.433. The molecule has 0 bridgehead atoms. The molecule has 1 aromatic carbocycles. The van der Waals surface area contributed by atoms with Gasteiger partial charge in [0.2, 0.25) is 10.0 Å². The van der Waals surface area contributed by atoms with E-state index in [2.05, 4.69) is 5.32 Å². The number of halogens is 1. The minimum Gasteiger partial charge on any atom is -0.315 e. The van der Waals surface area contributed by atoms with E-state index in [4.69, 9.17) is 0 Å². The highest BCUT2D eigenvalue weighted by Gasteiger charge is 2.35. The lowest BCUT2D eigenvalue weighted by atomic mass is 10.2. The second-order valence-corrected chi connectivity index (χ2v) is 6.87. The number of rotatable bonds is 4. The molecular weight excluding hydrogens is 267 g/mol. The number of nitrogens with one attached hydrogen (secondary N) is 1. The Labute approximate surface area is 113 Å². The second-order valence-electron chi connectivity index (χ2n) is 5.03. The number of nitrogens with zero attached hydrogens (tertiary/aromatic N) is 1. The van der Waals surface area contributed by atoms with Gasteiger partial charge in [0.05, 0.1) is 4.90 Å². The van der Waals surface area contributed by atoms with E-state index < -0.39 is 15.8 Å². The van der Waals surface area contributed by atoms with E-state index in [9.17, 15) is 12.8 Å². The normalized spacial score (nSPS) is 20.4. The molecule has 1 fully saturated rings. The highest BCUT2D eigenvalue weighted by atomic mass is 32.2. The van der Waals surface area contributed by atoms with Gasteiger partial charge in [-0.25, -0.2) is 12.8 Å². The van der Waals surface area contributed by atoms with Gasteiger partial charge in [-0.2, -0.15) is 4.31 Å². The van der Waals surface area contributed by atoms with E-state index in [-0.39, 0.29) is 17.0 Å². The quantitative estimate of drug-likeness (QED) is 0.914. The van der Waals surface area contributed by atoms with Gasteiger partial charge in [-0.3, -0.25) is 0 Å². The molecule has 106 valence electrons. The zero-order valence-electron chi connectivity index (χ0n) is 11.1. The van der Waals surface area contributed by atoms with Crippen molar-refractivity contribution in [2.45, 2.75) is 37.2 Å². The van der Waals surface area contributed by atoms with Crippen molar-refractivity contribution in [1.82, 2.24) is 9.62 Å². The summed E-state index contributed by atoms with van der Waals surface area (Å²) in [5, 5.41) is 3.17. The predicted octanol–water partition coefficient (Wildman–Crippen LogP) is 1.59. The van der Waals surface area contributed by atoms with Crippen molar-refractivity contribution in [2.75, 3.05) is 13.1 Å². The summed E-state index contributed by atoms with van der Waals surface area (Å²) in [5.41, 5.74) is 0. The van der Waals surface area contributed by atoms with Crippen molar-refractivity contribution in [3.63, 3.8) is 0 Å². The van der Waals surface area contributed by atoms with Crippen LogP contribution < -0.4 is 5.32 Å². The zero-order valence-corrected chi connectivity index (χ0v) is 12.0.